The van der Waals surface area contributed by atoms with Gasteiger partial charge in [-0.25, -0.2) is 0 Å². The number of rotatable bonds is 3. The van der Waals surface area contributed by atoms with E-state index in [1.807, 2.05) is 29.9 Å². The van der Waals surface area contributed by atoms with E-state index in [0.717, 1.165) is 17.1 Å². The Morgan fingerprint density at radius 2 is 2.38 bits per heavy atom. The molecular weight excluding hydrogens is 199 g/mol. The average Bonchev–Trinajstić information content (AvgIpc) is 2.14. The number of hydrogen-bond acceptors (Lipinski definition) is 2. The Balaban J connectivity index is 3.12. The fraction of sp³-hybridized carbons (Fsp3) is 0.100. The molecule has 0 amide bonds. The van der Waals surface area contributed by atoms with Crippen molar-refractivity contribution in [1.29, 1.82) is 0 Å². The van der Waals surface area contributed by atoms with Crippen LogP contribution in [0.5, 0.6) is 0 Å². The van der Waals surface area contributed by atoms with Gasteiger partial charge in [0.1, 0.15) is 0 Å². The number of aliphatic imine (C=N–C) groups is 1. The van der Waals surface area contributed by atoms with Gasteiger partial charge in [-0.05, 0) is 0 Å². The van der Waals surface area contributed by atoms with Crippen molar-refractivity contribution in [2.45, 2.75) is 6.92 Å². The predicted octanol–water partition coefficient (Wildman–Crippen LogP) is 1.47. The van der Waals surface area contributed by atoms with Crippen LogP contribution >= 0.6 is 0 Å². The maximum atomic E-state index is 5.21. The molecule has 0 aliphatic carbocycles. The third-order valence-corrected chi connectivity index (χ3v) is 1.87. The van der Waals surface area contributed by atoms with E-state index in [0.29, 0.717) is 0 Å². The van der Waals surface area contributed by atoms with Crippen LogP contribution in [0.15, 0.2) is 29.4 Å². The zero-order valence-corrected chi connectivity index (χ0v) is 8.70. The predicted molar refractivity (Wildman–Crippen MR) is 50.4 cm³/mol. The van der Waals surface area contributed by atoms with Crippen LogP contribution in [-0.2, 0) is 17.0 Å². The Bertz CT molecular complexity index is 356. The van der Waals surface area contributed by atoms with Gasteiger partial charge in [-0.3, -0.25) is 0 Å². The molecule has 1 aromatic rings. The van der Waals surface area contributed by atoms with Crippen LogP contribution in [-0.4, -0.2) is 15.4 Å². The first-order valence-electron chi connectivity index (χ1n) is 3.80. The zero-order valence-electron chi connectivity index (χ0n) is 7.31. The molecule has 0 aromatic carbocycles. The quantitative estimate of drug-likeness (QED) is 0.545. The van der Waals surface area contributed by atoms with Crippen molar-refractivity contribution in [2.75, 3.05) is 0 Å². The third-order valence-electron chi connectivity index (χ3n) is 1.49. The van der Waals surface area contributed by atoms with E-state index in [1.165, 1.54) is 6.20 Å². The van der Waals surface area contributed by atoms with E-state index in [9.17, 15) is 0 Å². The Hall–Kier alpha value is -0.986. The van der Waals surface area contributed by atoms with E-state index < -0.39 is 0 Å². The van der Waals surface area contributed by atoms with Gasteiger partial charge in [-0.15, -0.1) is 0 Å². The first kappa shape index (κ1) is 10.1. The standard InChI is InChI=1S/C10H9N2.V/c1-4-11-9(3)10-7-5-6-8(2)12-10;/h1,3-7H,2H3;/q-1;. The second kappa shape index (κ2) is 4.90. The molecule has 65 valence electrons. The van der Waals surface area contributed by atoms with Crippen molar-refractivity contribution in [3.05, 3.63) is 42.4 Å². The SMILES string of the molecule is [CH-]=CN=C([CH]=[V])c1cccc(C)n1. The van der Waals surface area contributed by atoms with Gasteiger partial charge in [0.15, 0.2) is 0 Å². The number of pyridine rings is 1. The number of nitrogens with zero attached hydrogens (tertiary/aromatic N) is 2. The normalized spacial score (nSPS) is 10.9. The Morgan fingerprint density at radius 1 is 1.62 bits per heavy atom. The average molecular weight is 208 g/mol. The first-order chi connectivity index (χ1) is 6.27. The molecule has 0 fully saturated rings. The summed E-state index contributed by atoms with van der Waals surface area (Å²) in [6.45, 7) is 7.16. The molecule has 0 radical (unpaired) electrons. The second-order valence-corrected chi connectivity index (χ2v) is 2.86. The van der Waals surface area contributed by atoms with E-state index >= 15 is 0 Å². The molecule has 0 aliphatic rings. The van der Waals surface area contributed by atoms with Crippen LogP contribution in [0.2, 0.25) is 0 Å². The molecule has 1 aromatic heterocycles. The van der Waals surface area contributed by atoms with Crippen LogP contribution in [0.4, 0.5) is 0 Å². The molecule has 0 N–H and O–H groups in total. The Morgan fingerprint density at radius 3 is 2.92 bits per heavy atom. The van der Waals surface area contributed by atoms with E-state index in [-0.39, 0.29) is 0 Å². The van der Waals surface area contributed by atoms with E-state index in [2.05, 4.69) is 27.0 Å². The molecule has 0 atom stereocenters. The number of hydrogen-bond donors (Lipinski definition) is 0. The molecule has 3 heteroatoms. The summed E-state index contributed by atoms with van der Waals surface area (Å²) in [7, 11) is 0. The van der Waals surface area contributed by atoms with Crippen molar-refractivity contribution in [2.24, 2.45) is 4.99 Å². The summed E-state index contributed by atoms with van der Waals surface area (Å²) in [5, 5.41) is 0. The van der Waals surface area contributed by atoms with Gasteiger partial charge in [0, 0.05) is 0 Å². The molecule has 0 saturated carbocycles. The van der Waals surface area contributed by atoms with Gasteiger partial charge >= 0.3 is 86.7 Å². The zero-order chi connectivity index (χ0) is 9.68. The fourth-order valence-electron chi connectivity index (χ4n) is 0.932. The van der Waals surface area contributed by atoms with Crippen LogP contribution in [0.3, 0.4) is 0 Å². The van der Waals surface area contributed by atoms with Crippen molar-refractivity contribution >= 4 is 10.4 Å². The van der Waals surface area contributed by atoms with Crippen molar-refractivity contribution in [3.63, 3.8) is 0 Å². The number of aromatic nitrogens is 1. The molecule has 0 aliphatic heterocycles. The van der Waals surface area contributed by atoms with E-state index in [1.54, 1.807) is 0 Å². The molecule has 0 spiro atoms. The van der Waals surface area contributed by atoms with Gasteiger partial charge in [0.05, 0.1) is 0 Å². The monoisotopic (exact) mass is 208 g/mol. The maximum absolute atomic E-state index is 5.21. The first-order valence-corrected chi connectivity index (χ1v) is 4.61. The summed E-state index contributed by atoms with van der Waals surface area (Å²) in [6.07, 6.45) is 1.27. The summed E-state index contributed by atoms with van der Waals surface area (Å²) in [6, 6.07) is 5.79. The summed E-state index contributed by atoms with van der Waals surface area (Å²) in [5.41, 5.74) is 2.57. The van der Waals surface area contributed by atoms with Gasteiger partial charge in [-0.1, -0.05) is 0 Å². The summed E-state index contributed by atoms with van der Waals surface area (Å²) >= 11 is 2.34. The molecule has 13 heavy (non-hydrogen) atoms. The van der Waals surface area contributed by atoms with Crippen LogP contribution in [0, 0.1) is 13.5 Å². The van der Waals surface area contributed by atoms with Crippen LogP contribution in [0.25, 0.3) is 0 Å². The van der Waals surface area contributed by atoms with Gasteiger partial charge in [0.25, 0.3) is 0 Å². The summed E-state index contributed by atoms with van der Waals surface area (Å²) < 4.78 is 1.82. The van der Waals surface area contributed by atoms with E-state index in [4.69, 9.17) is 6.58 Å². The fourth-order valence-corrected chi connectivity index (χ4v) is 1.24. The molecule has 0 bridgehead atoms. The number of aryl methyl sites for hydroxylation is 1. The van der Waals surface area contributed by atoms with Gasteiger partial charge in [0.2, 0.25) is 0 Å². The van der Waals surface area contributed by atoms with Crippen molar-refractivity contribution < 1.29 is 17.0 Å². The Kier molecular flexibility index (Phi) is 3.81. The topological polar surface area (TPSA) is 25.2 Å². The third kappa shape index (κ3) is 2.76. The van der Waals surface area contributed by atoms with Crippen LogP contribution < -0.4 is 0 Å². The minimum absolute atomic E-state index is 0.770. The van der Waals surface area contributed by atoms with Gasteiger partial charge in [-0.2, -0.15) is 0 Å². The second-order valence-electron chi connectivity index (χ2n) is 2.46. The molecule has 1 rings (SSSR count). The summed E-state index contributed by atoms with van der Waals surface area (Å²) in [5.74, 6) is 0. The molecule has 0 unspecified atom stereocenters. The van der Waals surface area contributed by atoms with Crippen molar-refractivity contribution in [3.8, 4) is 0 Å². The van der Waals surface area contributed by atoms with Gasteiger partial charge < -0.3 is 0 Å². The molecule has 2 nitrogen and oxygen atoms in total. The Labute approximate surface area is 86.9 Å². The van der Waals surface area contributed by atoms with Crippen LogP contribution in [0.1, 0.15) is 11.4 Å². The molecular formula is C10H9N2V-. The van der Waals surface area contributed by atoms with Crippen molar-refractivity contribution in [1.82, 2.24) is 4.98 Å². The molecule has 0 saturated heterocycles. The summed E-state index contributed by atoms with van der Waals surface area (Å²) in [4.78, 5) is 8.31. The molecule has 1 heterocycles. The minimum atomic E-state index is 0.770.